The fourth-order valence-corrected chi connectivity index (χ4v) is 2.77. The average molecular weight is 308 g/mol. The number of nitro benzene ring substituents is 1. The van der Waals surface area contributed by atoms with Crippen LogP contribution in [0.2, 0.25) is 0 Å². The largest absolute Gasteiger partial charge is 0.388 e. The molecule has 0 saturated carbocycles. The van der Waals surface area contributed by atoms with Crippen LogP contribution in [-0.2, 0) is 4.74 Å². The Labute approximate surface area is 130 Å². The van der Waals surface area contributed by atoms with Crippen molar-refractivity contribution in [3.63, 3.8) is 0 Å². The van der Waals surface area contributed by atoms with Crippen LogP contribution in [0.5, 0.6) is 0 Å². The number of benzene rings is 1. The van der Waals surface area contributed by atoms with Gasteiger partial charge in [-0.15, -0.1) is 0 Å². The Morgan fingerprint density at radius 3 is 2.82 bits per heavy atom. The molecular weight excluding hydrogens is 284 g/mol. The molecule has 1 atom stereocenters. The van der Waals surface area contributed by atoms with Gasteiger partial charge in [0.15, 0.2) is 0 Å². The minimum absolute atomic E-state index is 0.0109. The second kappa shape index (κ2) is 7.67. The molecule has 1 aliphatic heterocycles. The molecule has 22 heavy (non-hydrogen) atoms. The molecule has 6 heteroatoms. The summed E-state index contributed by atoms with van der Waals surface area (Å²) in [5, 5.41) is 24.8. The monoisotopic (exact) mass is 308 g/mol. The average Bonchev–Trinajstić information content (AvgIpc) is 2.52. The summed E-state index contributed by atoms with van der Waals surface area (Å²) in [5.41, 5.74) is 0.252. The van der Waals surface area contributed by atoms with Crippen molar-refractivity contribution in [2.75, 3.05) is 19.8 Å². The second-order valence-corrected chi connectivity index (χ2v) is 5.91. The Bertz CT molecular complexity index is 501. The number of nitrogens with zero attached hydrogens (tertiary/aromatic N) is 1. The third kappa shape index (κ3) is 4.50. The van der Waals surface area contributed by atoms with Gasteiger partial charge in [0.05, 0.1) is 10.5 Å². The van der Waals surface area contributed by atoms with Gasteiger partial charge in [0.2, 0.25) is 0 Å². The van der Waals surface area contributed by atoms with E-state index in [2.05, 4.69) is 12.2 Å². The predicted molar refractivity (Wildman–Crippen MR) is 83.8 cm³/mol. The van der Waals surface area contributed by atoms with Crippen LogP contribution >= 0.6 is 0 Å². The zero-order valence-corrected chi connectivity index (χ0v) is 13.0. The first kappa shape index (κ1) is 16.9. The molecule has 1 aromatic rings. The molecule has 1 aromatic carbocycles. The first-order chi connectivity index (χ1) is 10.5. The summed E-state index contributed by atoms with van der Waals surface area (Å²) >= 11 is 0. The van der Waals surface area contributed by atoms with Crippen LogP contribution in [0.15, 0.2) is 24.3 Å². The molecule has 1 saturated heterocycles. The topological polar surface area (TPSA) is 84.6 Å². The Morgan fingerprint density at radius 2 is 2.18 bits per heavy atom. The smallest absolute Gasteiger partial charge is 0.269 e. The van der Waals surface area contributed by atoms with Gasteiger partial charge in [0, 0.05) is 50.8 Å². The van der Waals surface area contributed by atoms with Gasteiger partial charge in [0.1, 0.15) is 0 Å². The molecule has 1 fully saturated rings. The normalized spacial score (nSPS) is 18.8. The molecule has 2 N–H and O–H groups in total. The molecule has 0 spiro atoms. The van der Waals surface area contributed by atoms with Crippen LogP contribution in [0.3, 0.4) is 0 Å². The van der Waals surface area contributed by atoms with Crippen molar-refractivity contribution in [2.24, 2.45) is 0 Å². The molecule has 1 aliphatic rings. The molecule has 0 amide bonds. The van der Waals surface area contributed by atoms with Crippen molar-refractivity contribution in [1.82, 2.24) is 5.32 Å². The van der Waals surface area contributed by atoms with E-state index < -0.39 is 5.60 Å². The third-order valence-electron chi connectivity index (χ3n) is 4.16. The van der Waals surface area contributed by atoms with Crippen LogP contribution in [0.4, 0.5) is 5.69 Å². The summed E-state index contributed by atoms with van der Waals surface area (Å²) < 4.78 is 5.28. The van der Waals surface area contributed by atoms with Gasteiger partial charge in [-0.05, 0) is 12.0 Å². The van der Waals surface area contributed by atoms with Crippen LogP contribution < -0.4 is 5.32 Å². The van der Waals surface area contributed by atoms with Crippen molar-refractivity contribution < 1.29 is 14.8 Å². The Morgan fingerprint density at radius 1 is 1.45 bits per heavy atom. The molecule has 0 aromatic heterocycles. The molecule has 122 valence electrons. The number of aliphatic hydroxyl groups is 1. The lowest BCUT2D eigenvalue weighted by Gasteiger charge is -2.34. The fourth-order valence-electron chi connectivity index (χ4n) is 2.77. The zero-order valence-electron chi connectivity index (χ0n) is 13.0. The fraction of sp³-hybridized carbons (Fsp3) is 0.625. The summed E-state index contributed by atoms with van der Waals surface area (Å²) in [6.07, 6.45) is 3.07. The van der Waals surface area contributed by atoms with Crippen LogP contribution in [0.25, 0.3) is 0 Å². The van der Waals surface area contributed by atoms with E-state index in [9.17, 15) is 15.2 Å². The lowest BCUT2D eigenvalue weighted by molar-refractivity contribution is -0.384. The number of rotatable bonds is 7. The maximum absolute atomic E-state index is 10.9. The van der Waals surface area contributed by atoms with E-state index >= 15 is 0 Å². The van der Waals surface area contributed by atoms with E-state index in [0.717, 1.165) is 18.4 Å². The highest BCUT2D eigenvalue weighted by Crippen LogP contribution is 2.25. The Balaban J connectivity index is 2.05. The molecule has 1 unspecified atom stereocenters. The number of nitro groups is 1. The highest BCUT2D eigenvalue weighted by Gasteiger charge is 2.30. The molecule has 6 nitrogen and oxygen atoms in total. The molecular formula is C16H24N2O4. The van der Waals surface area contributed by atoms with Gasteiger partial charge in [-0.25, -0.2) is 0 Å². The van der Waals surface area contributed by atoms with E-state index in [-0.39, 0.29) is 16.7 Å². The summed E-state index contributed by atoms with van der Waals surface area (Å²) in [4.78, 5) is 10.5. The van der Waals surface area contributed by atoms with E-state index in [0.29, 0.717) is 32.6 Å². The molecule has 0 bridgehead atoms. The Kier molecular flexibility index (Phi) is 5.88. The minimum atomic E-state index is -0.745. The van der Waals surface area contributed by atoms with E-state index in [1.165, 1.54) is 6.07 Å². The van der Waals surface area contributed by atoms with Gasteiger partial charge in [0.25, 0.3) is 5.69 Å². The maximum atomic E-state index is 10.9. The lowest BCUT2D eigenvalue weighted by Crippen LogP contribution is -2.45. The second-order valence-electron chi connectivity index (χ2n) is 5.91. The maximum Gasteiger partial charge on any atom is 0.269 e. The van der Waals surface area contributed by atoms with Gasteiger partial charge in [-0.2, -0.15) is 0 Å². The molecule has 0 radical (unpaired) electrons. The first-order valence-electron chi connectivity index (χ1n) is 7.82. The highest BCUT2D eigenvalue weighted by molar-refractivity contribution is 5.35. The van der Waals surface area contributed by atoms with Crippen LogP contribution in [-0.4, -0.2) is 35.4 Å². The van der Waals surface area contributed by atoms with E-state index in [1.54, 1.807) is 12.1 Å². The van der Waals surface area contributed by atoms with Crippen molar-refractivity contribution >= 4 is 5.69 Å². The van der Waals surface area contributed by atoms with Gasteiger partial charge in [-0.3, -0.25) is 10.1 Å². The lowest BCUT2D eigenvalue weighted by atomic mass is 9.93. The van der Waals surface area contributed by atoms with Gasteiger partial charge in [-0.1, -0.05) is 25.5 Å². The number of ether oxygens (including phenoxy) is 1. The van der Waals surface area contributed by atoms with Crippen molar-refractivity contribution in [2.45, 2.75) is 44.2 Å². The van der Waals surface area contributed by atoms with Crippen molar-refractivity contribution in [3.8, 4) is 0 Å². The summed E-state index contributed by atoms with van der Waals surface area (Å²) in [5.74, 6) is 0. The molecule has 1 heterocycles. The highest BCUT2D eigenvalue weighted by atomic mass is 16.6. The van der Waals surface area contributed by atoms with Gasteiger partial charge >= 0.3 is 0 Å². The standard InChI is InChI=1S/C16H24N2O4/c1-2-4-15(13-5-3-6-14(11-13)18(20)21)17-12-16(19)7-9-22-10-8-16/h3,5-6,11,15,17,19H,2,4,7-10,12H2,1H3. The Hall–Kier alpha value is -1.50. The van der Waals surface area contributed by atoms with Crippen LogP contribution in [0, 0.1) is 10.1 Å². The van der Waals surface area contributed by atoms with E-state index in [4.69, 9.17) is 4.74 Å². The summed E-state index contributed by atoms with van der Waals surface area (Å²) in [7, 11) is 0. The van der Waals surface area contributed by atoms with Crippen LogP contribution in [0.1, 0.15) is 44.2 Å². The minimum Gasteiger partial charge on any atom is -0.388 e. The molecule has 0 aliphatic carbocycles. The SMILES string of the molecule is CCCC(NCC1(O)CCOCC1)c1cccc([N+](=O)[O-])c1. The quantitative estimate of drug-likeness (QED) is 0.597. The van der Waals surface area contributed by atoms with Crippen molar-refractivity contribution in [3.05, 3.63) is 39.9 Å². The van der Waals surface area contributed by atoms with Gasteiger partial charge < -0.3 is 15.2 Å². The third-order valence-corrected chi connectivity index (χ3v) is 4.16. The summed E-state index contributed by atoms with van der Waals surface area (Å²) in [6, 6.07) is 6.73. The number of non-ortho nitro benzene ring substituents is 1. The van der Waals surface area contributed by atoms with E-state index in [1.807, 2.05) is 6.07 Å². The summed E-state index contributed by atoms with van der Waals surface area (Å²) in [6.45, 7) is 3.71. The molecule has 2 rings (SSSR count). The number of hydrogen-bond acceptors (Lipinski definition) is 5. The number of nitrogens with one attached hydrogen (secondary N) is 1. The number of hydrogen-bond donors (Lipinski definition) is 2. The zero-order chi connectivity index (χ0) is 16.0. The first-order valence-corrected chi connectivity index (χ1v) is 7.82. The van der Waals surface area contributed by atoms with Crippen molar-refractivity contribution in [1.29, 1.82) is 0 Å². The predicted octanol–water partition coefficient (Wildman–Crippen LogP) is 2.57.